The van der Waals surface area contributed by atoms with Gasteiger partial charge >= 0.3 is 0 Å². The van der Waals surface area contributed by atoms with Crippen LogP contribution in [0.2, 0.25) is 0 Å². The van der Waals surface area contributed by atoms with Crippen molar-refractivity contribution in [3.05, 3.63) is 0 Å². The van der Waals surface area contributed by atoms with Gasteiger partial charge in [-0.05, 0) is 39.2 Å². The first-order chi connectivity index (χ1) is 7.15. The molecule has 1 unspecified atom stereocenters. The minimum atomic E-state index is -0.104. The predicted molar refractivity (Wildman–Crippen MR) is 65.0 cm³/mol. The van der Waals surface area contributed by atoms with Crippen molar-refractivity contribution in [3.8, 4) is 0 Å². The first kappa shape index (κ1) is 13.0. The summed E-state index contributed by atoms with van der Waals surface area (Å²) in [5.74, 6) is 0.562. The summed E-state index contributed by atoms with van der Waals surface area (Å²) in [5.41, 5.74) is 0. The lowest BCUT2D eigenvalue weighted by molar-refractivity contribution is 0.0399. The lowest BCUT2D eigenvalue weighted by Crippen LogP contribution is -2.40. The number of nitrogens with zero attached hydrogens (tertiary/aromatic N) is 1. The number of aliphatic hydroxyl groups excluding tert-OH is 1. The Morgan fingerprint density at radius 3 is 2.27 bits per heavy atom. The molecule has 0 heterocycles. The topological polar surface area (TPSA) is 23.5 Å². The summed E-state index contributed by atoms with van der Waals surface area (Å²) in [4.78, 5) is 2.36. The van der Waals surface area contributed by atoms with Crippen LogP contribution in [0, 0.1) is 5.92 Å². The lowest BCUT2D eigenvalue weighted by Gasteiger charge is -2.32. The standard InChI is InChI=1S/C13H27NO/c1-4-14(11(2)3)10-13(15)12-8-6-5-7-9-12/h11-13,15H,4-10H2,1-3H3. The van der Waals surface area contributed by atoms with E-state index < -0.39 is 0 Å². The van der Waals surface area contributed by atoms with Gasteiger partial charge in [0.05, 0.1) is 6.10 Å². The van der Waals surface area contributed by atoms with Crippen molar-refractivity contribution >= 4 is 0 Å². The number of hydrogen-bond acceptors (Lipinski definition) is 2. The van der Waals surface area contributed by atoms with Crippen LogP contribution in [0.4, 0.5) is 0 Å². The van der Waals surface area contributed by atoms with Crippen molar-refractivity contribution in [2.45, 2.75) is 65.0 Å². The lowest BCUT2D eigenvalue weighted by atomic mass is 9.85. The fourth-order valence-corrected chi connectivity index (χ4v) is 2.61. The highest BCUT2D eigenvalue weighted by atomic mass is 16.3. The normalized spacial score (nSPS) is 21.2. The van der Waals surface area contributed by atoms with E-state index in [9.17, 15) is 5.11 Å². The molecule has 1 N–H and O–H groups in total. The van der Waals surface area contributed by atoms with Gasteiger partial charge in [-0.3, -0.25) is 4.90 Å². The van der Waals surface area contributed by atoms with Crippen LogP contribution in [0.25, 0.3) is 0 Å². The van der Waals surface area contributed by atoms with E-state index in [2.05, 4.69) is 25.7 Å². The zero-order chi connectivity index (χ0) is 11.3. The van der Waals surface area contributed by atoms with Crippen LogP contribution < -0.4 is 0 Å². The van der Waals surface area contributed by atoms with Crippen LogP contribution >= 0.6 is 0 Å². The largest absolute Gasteiger partial charge is 0.392 e. The molecule has 1 saturated carbocycles. The Morgan fingerprint density at radius 2 is 1.80 bits per heavy atom. The Bertz CT molecular complexity index is 164. The van der Waals surface area contributed by atoms with E-state index in [1.54, 1.807) is 0 Å². The number of rotatable bonds is 5. The zero-order valence-electron chi connectivity index (χ0n) is 10.6. The molecule has 90 valence electrons. The van der Waals surface area contributed by atoms with E-state index in [0.29, 0.717) is 12.0 Å². The quantitative estimate of drug-likeness (QED) is 0.759. The van der Waals surface area contributed by atoms with Crippen molar-refractivity contribution in [2.24, 2.45) is 5.92 Å². The SMILES string of the molecule is CCN(CC(O)C1CCCCC1)C(C)C. The third-order valence-electron chi connectivity index (χ3n) is 3.75. The molecule has 0 aromatic carbocycles. The second-order valence-corrected chi connectivity index (χ2v) is 5.15. The Balaban J connectivity index is 2.34. The minimum Gasteiger partial charge on any atom is -0.392 e. The summed E-state index contributed by atoms with van der Waals surface area (Å²) in [5, 5.41) is 10.2. The average Bonchev–Trinajstić information content (AvgIpc) is 2.26. The molecule has 0 spiro atoms. The van der Waals surface area contributed by atoms with E-state index in [1.165, 1.54) is 32.1 Å². The highest BCUT2D eigenvalue weighted by molar-refractivity contribution is 4.76. The maximum absolute atomic E-state index is 10.2. The molecule has 0 saturated heterocycles. The third-order valence-corrected chi connectivity index (χ3v) is 3.75. The highest BCUT2D eigenvalue weighted by Crippen LogP contribution is 2.26. The van der Waals surface area contributed by atoms with Crippen LogP contribution in [0.5, 0.6) is 0 Å². The summed E-state index contributed by atoms with van der Waals surface area (Å²) in [6, 6.07) is 0.549. The Morgan fingerprint density at radius 1 is 1.20 bits per heavy atom. The smallest absolute Gasteiger partial charge is 0.0695 e. The average molecular weight is 213 g/mol. The Labute approximate surface area is 94.7 Å². The number of hydrogen-bond donors (Lipinski definition) is 1. The van der Waals surface area contributed by atoms with E-state index in [4.69, 9.17) is 0 Å². The molecule has 0 amide bonds. The molecule has 0 radical (unpaired) electrons. The molecular formula is C13H27NO. The van der Waals surface area contributed by atoms with Crippen molar-refractivity contribution in [1.82, 2.24) is 4.90 Å². The van der Waals surface area contributed by atoms with Gasteiger partial charge in [-0.2, -0.15) is 0 Å². The highest BCUT2D eigenvalue weighted by Gasteiger charge is 2.23. The molecule has 1 aliphatic rings. The van der Waals surface area contributed by atoms with Gasteiger partial charge in [-0.25, -0.2) is 0 Å². The summed E-state index contributed by atoms with van der Waals surface area (Å²) < 4.78 is 0. The first-order valence-corrected chi connectivity index (χ1v) is 6.57. The maximum Gasteiger partial charge on any atom is 0.0695 e. The molecule has 2 heteroatoms. The summed E-state index contributed by atoms with van der Waals surface area (Å²) in [6.45, 7) is 8.49. The molecule has 0 aromatic rings. The van der Waals surface area contributed by atoms with Crippen molar-refractivity contribution in [2.75, 3.05) is 13.1 Å². The van der Waals surface area contributed by atoms with E-state index in [-0.39, 0.29) is 6.10 Å². The van der Waals surface area contributed by atoms with Crippen molar-refractivity contribution < 1.29 is 5.11 Å². The van der Waals surface area contributed by atoms with Gasteiger partial charge in [0.2, 0.25) is 0 Å². The van der Waals surface area contributed by atoms with Crippen LogP contribution in [-0.4, -0.2) is 35.2 Å². The van der Waals surface area contributed by atoms with E-state index in [1.807, 2.05) is 0 Å². The summed E-state index contributed by atoms with van der Waals surface area (Å²) in [7, 11) is 0. The Hall–Kier alpha value is -0.0800. The molecule has 0 bridgehead atoms. The van der Waals surface area contributed by atoms with E-state index in [0.717, 1.165) is 13.1 Å². The summed E-state index contributed by atoms with van der Waals surface area (Å²) >= 11 is 0. The van der Waals surface area contributed by atoms with Crippen molar-refractivity contribution in [3.63, 3.8) is 0 Å². The van der Waals surface area contributed by atoms with Gasteiger partial charge in [0.15, 0.2) is 0 Å². The van der Waals surface area contributed by atoms with Gasteiger partial charge < -0.3 is 5.11 Å². The zero-order valence-corrected chi connectivity index (χ0v) is 10.6. The molecule has 0 aliphatic heterocycles. The second-order valence-electron chi connectivity index (χ2n) is 5.15. The molecule has 1 rings (SSSR count). The first-order valence-electron chi connectivity index (χ1n) is 6.57. The van der Waals surface area contributed by atoms with Crippen LogP contribution in [-0.2, 0) is 0 Å². The van der Waals surface area contributed by atoms with Crippen LogP contribution in [0.3, 0.4) is 0 Å². The molecule has 15 heavy (non-hydrogen) atoms. The van der Waals surface area contributed by atoms with Gasteiger partial charge in [0.25, 0.3) is 0 Å². The fraction of sp³-hybridized carbons (Fsp3) is 1.00. The molecule has 1 aliphatic carbocycles. The molecule has 0 aromatic heterocycles. The summed E-state index contributed by atoms with van der Waals surface area (Å²) in [6.07, 6.45) is 6.36. The molecule has 2 nitrogen and oxygen atoms in total. The molecule has 1 fully saturated rings. The predicted octanol–water partition coefficient (Wildman–Crippen LogP) is 2.66. The van der Waals surface area contributed by atoms with Crippen molar-refractivity contribution in [1.29, 1.82) is 0 Å². The Kier molecular flexibility index (Phi) is 5.62. The third kappa shape index (κ3) is 4.12. The van der Waals surface area contributed by atoms with Crippen LogP contribution in [0.1, 0.15) is 52.9 Å². The molecule has 1 atom stereocenters. The van der Waals surface area contributed by atoms with E-state index >= 15 is 0 Å². The van der Waals surface area contributed by atoms with Gasteiger partial charge in [0, 0.05) is 12.6 Å². The second kappa shape index (κ2) is 6.49. The monoisotopic (exact) mass is 213 g/mol. The van der Waals surface area contributed by atoms with Gasteiger partial charge in [0.1, 0.15) is 0 Å². The molecular weight excluding hydrogens is 186 g/mol. The number of aliphatic hydroxyl groups is 1. The van der Waals surface area contributed by atoms with Crippen LogP contribution in [0.15, 0.2) is 0 Å². The fourth-order valence-electron chi connectivity index (χ4n) is 2.61. The number of likely N-dealkylation sites (N-methyl/N-ethyl adjacent to an activating group) is 1. The van der Waals surface area contributed by atoms with Gasteiger partial charge in [-0.15, -0.1) is 0 Å². The maximum atomic E-state index is 10.2. The van der Waals surface area contributed by atoms with Gasteiger partial charge in [-0.1, -0.05) is 26.2 Å². The minimum absolute atomic E-state index is 0.104.